The second kappa shape index (κ2) is 6.06. The quantitative estimate of drug-likeness (QED) is 0.752. The van der Waals surface area contributed by atoms with E-state index in [0.717, 1.165) is 30.8 Å². The van der Waals surface area contributed by atoms with Gasteiger partial charge in [0.25, 0.3) is 0 Å². The van der Waals surface area contributed by atoms with Crippen molar-refractivity contribution in [2.75, 3.05) is 13.2 Å². The van der Waals surface area contributed by atoms with Crippen molar-refractivity contribution in [3.05, 3.63) is 35.9 Å². The fraction of sp³-hybridized carbons (Fsp3) is 0.647. The molecule has 0 spiro atoms. The molecule has 0 bridgehead atoms. The number of aliphatic hydroxyl groups excluding tert-OH is 1. The summed E-state index contributed by atoms with van der Waals surface area (Å²) < 4.78 is 0. The van der Waals surface area contributed by atoms with Gasteiger partial charge in [0.15, 0.2) is 0 Å². The average Bonchev–Trinajstić information content (AvgIpc) is 3.32. The smallest absolute Gasteiger partial charge is 0.0437 e. The Morgan fingerprint density at radius 3 is 2.21 bits per heavy atom. The molecular weight excluding hydrogens is 234 g/mol. The van der Waals surface area contributed by atoms with Gasteiger partial charge in [-0.25, -0.2) is 0 Å². The van der Waals surface area contributed by atoms with Gasteiger partial charge in [-0.15, -0.1) is 0 Å². The van der Waals surface area contributed by atoms with Crippen molar-refractivity contribution in [3.63, 3.8) is 0 Å². The molecule has 3 rings (SSSR count). The Morgan fingerprint density at radius 2 is 1.68 bits per heavy atom. The van der Waals surface area contributed by atoms with Crippen LogP contribution in [0.2, 0.25) is 0 Å². The van der Waals surface area contributed by atoms with E-state index in [2.05, 4.69) is 35.6 Å². The minimum Gasteiger partial charge on any atom is -0.396 e. The summed E-state index contributed by atoms with van der Waals surface area (Å²) in [4.78, 5) is 0. The predicted molar refractivity (Wildman–Crippen MR) is 78.1 cm³/mol. The molecule has 0 radical (unpaired) electrons. The number of hydrogen-bond acceptors (Lipinski definition) is 2. The molecule has 1 aromatic carbocycles. The molecule has 0 aromatic heterocycles. The van der Waals surface area contributed by atoms with Crippen LogP contribution in [0.1, 0.15) is 43.6 Å². The lowest BCUT2D eigenvalue weighted by molar-refractivity contribution is 0.269. The zero-order chi connectivity index (χ0) is 13.1. The van der Waals surface area contributed by atoms with Gasteiger partial charge in [0.05, 0.1) is 0 Å². The van der Waals surface area contributed by atoms with Crippen molar-refractivity contribution in [3.8, 4) is 0 Å². The number of hydrogen-bond donors (Lipinski definition) is 2. The van der Waals surface area contributed by atoms with Crippen LogP contribution in [0.3, 0.4) is 0 Å². The summed E-state index contributed by atoms with van der Waals surface area (Å²) in [6.45, 7) is 1.29. The van der Waals surface area contributed by atoms with Crippen molar-refractivity contribution >= 4 is 0 Å². The second-order valence-electron chi connectivity index (χ2n) is 6.23. The van der Waals surface area contributed by atoms with Crippen LogP contribution in [0.5, 0.6) is 0 Å². The zero-order valence-electron chi connectivity index (χ0n) is 11.6. The molecule has 2 aliphatic rings. The van der Waals surface area contributed by atoms with E-state index >= 15 is 0 Å². The van der Waals surface area contributed by atoms with Crippen molar-refractivity contribution in [1.82, 2.24) is 5.32 Å². The molecule has 1 aromatic rings. The Hall–Kier alpha value is -0.860. The summed E-state index contributed by atoms with van der Waals surface area (Å²) in [7, 11) is 0. The minimum atomic E-state index is 0.277. The molecule has 104 valence electrons. The second-order valence-corrected chi connectivity index (χ2v) is 6.23. The average molecular weight is 259 g/mol. The molecule has 2 N–H and O–H groups in total. The summed E-state index contributed by atoms with van der Waals surface area (Å²) in [6.07, 6.45) is 6.54. The first-order valence-electron chi connectivity index (χ1n) is 7.77. The van der Waals surface area contributed by atoms with Crippen LogP contribution >= 0.6 is 0 Å². The number of nitrogens with one attached hydrogen (secondary N) is 1. The third-order valence-corrected chi connectivity index (χ3v) is 4.61. The molecule has 2 fully saturated rings. The summed E-state index contributed by atoms with van der Waals surface area (Å²) in [5.74, 6) is 2.34. The molecule has 0 aliphatic heterocycles. The third-order valence-electron chi connectivity index (χ3n) is 4.61. The molecule has 0 amide bonds. The summed E-state index contributed by atoms with van der Waals surface area (Å²) >= 11 is 0. The van der Waals surface area contributed by atoms with Gasteiger partial charge >= 0.3 is 0 Å². The highest BCUT2D eigenvalue weighted by atomic mass is 16.3. The largest absolute Gasteiger partial charge is 0.396 e. The summed E-state index contributed by atoms with van der Waals surface area (Å²) in [5, 5.41) is 13.1. The first-order chi connectivity index (χ1) is 9.38. The first kappa shape index (κ1) is 13.1. The van der Waals surface area contributed by atoms with Crippen molar-refractivity contribution < 1.29 is 5.11 Å². The molecule has 0 saturated heterocycles. The molecular formula is C17H25NO. The standard InChI is InChI=1S/C17H25NO/c19-11-10-16(13-4-2-1-3-5-13)12-18-17(14-6-7-14)15-8-9-15/h1-5,14-19H,6-12H2. The van der Waals surface area contributed by atoms with Crippen LogP contribution in [-0.2, 0) is 0 Å². The van der Waals surface area contributed by atoms with Crippen LogP contribution in [0.4, 0.5) is 0 Å². The highest BCUT2D eigenvalue weighted by Crippen LogP contribution is 2.44. The van der Waals surface area contributed by atoms with E-state index in [0.29, 0.717) is 5.92 Å². The van der Waals surface area contributed by atoms with E-state index in [1.165, 1.54) is 31.2 Å². The number of benzene rings is 1. The van der Waals surface area contributed by atoms with E-state index in [9.17, 15) is 5.11 Å². The maximum atomic E-state index is 9.28. The molecule has 1 atom stereocenters. The zero-order valence-corrected chi connectivity index (χ0v) is 11.6. The fourth-order valence-corrected chi connectivity index (χ4v) is 3.17. The number of aliphatic hydroxyl groups is 1. The highest BCUT2D eigenvalue weighted by Gasteiger charge is 2.41. The Morgan fingerprint density at radius 1 is 1.05 bits per heavy atom. The Balaban J connectivity index is 1.58. The van der Waals surface area contributed by atoms with Crippen molar-refractivity contribution in [2.45, 2.75) is 44.1 Å². The fourth-order valence-electron chi connectivity index (χ4n) is 3.17. The van der Waals surface area contributed by atoms with E-state index in [1.54, 1.807) is 0 Å². The highest BCUT2D eigenvalue weighted by molar-refractivity contribution is 5.20. The van der Waals surface area contributed by atoms with E-state index in [1.807, 2.05) is 0 Å². The van der Waals surface area contributed by atoms with Crippen LogP contribution < -0.4 is 5.32 Å². The molecule has 1 unspecified atom stereocenters. The molecule has 2 saturated carbocycles. The molecule has 2 nitrogen and oxygen atoms in total. The normalized spacial score (nSPS) is 20.7. The Labute approximate surface area is 116 Å². The van der Waals surface area contributed by atoms with Crippen molar-refractivity contribution in [2.24, 2.45) is 11.8 Å². The Bertz CT molecular complexity index is 372. The molecule has 2 aliphatic carbocycles. The van der Waals surface area contributed by atoms with E-state index in [-0.39, 0.29) is 6.61 Å². The van der Waals surface area contributed by atoms with Gasteiger partial charge in [-0.1, -0.05) is 30.3 Å². The van der Waals surface area contributed by atoms with Gasteiger partial charge in [0.2, 0.25) is 0 Å². The van der Waals surface area contributed by atoms with Crippen LogP contribution in [0.25, 0.3) is 0 Å². The maximum Gasteiger partial charge on any atom is 0.0437 e. The lowest BCUT2D eigenvalue weighted by Gasteiger charge is -2.23. The van der Waals surface area contributed by atoms with E-state index < -0.39 is 0 Å². The van der Waals surface area contributed by atoms with Gasteiger partial charge in [0.1, 0.15) is 0 Å². The van der Waals surface area contributed by atoms with Gasteiger partial charge in [-0.05, 0) is 55.4 Å². The molecule has 0 heterocycles. The monoisotopic (exact) mass is 259 g/mol. The number of rotatable bonds is 8. The maximum absolute atomic E-state index is 9.28. The van der Waals surface area contributed by atoms with Crippen LogP contribution in [0.15, 0.2) is 30.3 Å². The van der Waals surface area contributed by atoms with Gasteiger partial charge < -0.3 is 10.4 Å². The SMILES string of the molecule is OCCC(CNC(C1CC1)C1CC1)c1ccccc1. The van der Waals surface area contributed by atoms with Crippen LogP contribution in [0, 0.1) is 11.8 Å². The van der Waals surface area contributed by atoms with Gasteiger partial charge in [0, 0.05) is 19.2 Å². The summed E-state index contributed by atoms with van der Waals surface area (Å²) in [5.41, 5.74) is 1.36. The van der Waals surface area contributed by atoms with Gasteiger partial charge in [-0.2, -0.15) is 0 Å². The molecule has 19 heavy (non-hydrogen) atoms. The predicted octanol–water partition coefficient (Wildman–Crippen LogP) is 2.93. The van der Waals surface area contributed by atoms with Gasteiger partial charge in [-0.3, -0.25) is 0 Å². The van der Waals surface area contributed by atoms with Crippen molar-refractivity contribution in [1.29, 1.82) is 0 Å². The lowest BCUT2D eigenvalue weighted by atomic mass is 9.95. The molecule has 2 heteroatoms. The first-order valence-corrected chi connectivity index (χ1v) is 7.77. The van der Waals surface area contributed by atoms with Crippen LogP contribution in [-0.4, -0.2) is 24.3 Å². The minimum absolute atomic E-state index is 0.277. The third kappa shape index (κ3) is 3.58. The Kier molecular flexibility index (Phi) is 4.19. The van der Waals surface area contributed by atoms with E-state index in [4.69, 9.17) is 0 Å². The summed E-state index contributed by atoms with van der Waals surface area (Å²) in [6, 6.07) is 11.4. The topological polar surface area (TPSA) is 32.3 Å². The lowest BCUT2D eigenvalue weighted by Crippen LogP contribution is -2.36.